The third-order valence-corrected chi connectivity index (χ3v) is 1.98. The van der Waals surface area contributed by atoms with Gasteiger partial charge in [0.25, 0.3) is 0 Å². The van der Waals surface area contributed by atoms with Gasteiger partial charge in [0.05, 0.1) is 6.61 Å². The minimum atomic E-state index is 0.0428. The maximum atomic E-state index is 5.30. The Kier molecular flexibility index (Phi) is 1.22. The standard InChI is InChI=1S/C6H11NO2/c1-8-6-2-4-5(7-4)3-9-6/h4-7H,2-3H2,1H3/t4-,5+,6-/m1/s1. The fraction of sp³-hybridized carbons (Fsp3) is 1.00. The highest BCUT2D eigenvalue weighted by Crippen LogP contribution is 2.24. The Balaban J connectivity index is 1.86. The molecule has 3 atom stereocenters. The van der Waals surface area contributed by atoms with Gasteiger partial charge in [-0.25, -0.2) is 0 Å². The van der Waals surface area contributed by atoms with E-state index in [1.165, 1.54) is 0 Å². The van der Waals surface area contributed by atoms with Crippen molar-refractivity contribution >= 4 is 0 Å². The lowest BCUT2D eigenvalue weighted by molar-refractivity contribution is -0.137. The van der Waals surface area contributed by atoms with Crippen LogP contribution in [0, 0.1) is 0 Å². The molecule has 0 spiro atoms. The second-order valence-electron chi connectivity index (χ2n) is 2.61. The molecular formula is C6H11NO2. The summed E-state index contributed by atoms with van der Waals surface area (Å²) in [5.74, 6) is 0. The van der Waals surface area contributed by atoms with Gasteiger partial charge in [-0.05, 0) is 0 Å². The summed E-state index contributed by atoms with van der Waals surface area (Å²) in [5.41, 5.74) is 0. The van der Waals surface area contributed by atoms with Gasteiger partial charge in [-0.1, -0.05) is 0 Å². The van der Waals surface area contributed by atoms with Crippen molar-refractivity contribution in [2.24, 2.45) is 0 Å². The summed E-state index contributed by atoms with van der Waals surface area (Å²) in [5, 5.41) is 3.29. The van der Waals surface area contributed by atoms with Crippen molar-refractivity contribution in [3.05, 3.63) is 0 Å². The summed E-state index contributed by atoms with van der Waals surface area (Å²) < 4.78 is 10.3. The molecule has 2 aliphatic heterocycles. The predicted octanol–water partition coefficient (Wildman–Crippen LogP) is -0.280. The van der Waals surface area contributed by atoms with Crippen LogP contribution in [0.2, 0.25) is 0 Å². The molecule has 0 aliphatic carbocycles. The van der Waals surface area contributed by atoms with E-state index in [0.717, 1.165) is 13.0 Å². The van der Waals surface area contributed by atoms with Crippen molar-refractivity contribution in [3.8, 4) is 0 Å². The first-order chi connectivity index (χ1) is 4.40. The van der Waals surface area contributed by atoms with Gasteiger partial charge in [-0.15, -0.1) is 0 Å². The predicted molar refractivity (Wildman–Crippen MR) is 32.1 cm³/mol. The molecule has 2 heterocycles. The highest BCUT2D eigenvalue weighted by molar-refractivity contribution is 5.00. The Hall–Kier alpha value is -0.120. The minimum Gasteiger partial charge on any atom is -0.356 e. The topological polar surface area (TPSA) is 40.4 Å². The van der Waals surface area contributed by atoms with E-state index in [-0.39, 0.29) is 6.29 Å². The molecule has 0 aromatic heterocycles. The first kappa shape index (κ1) is 5.65. The lowest BCUT2D eigenvalue weighted by Gasteiger charge is -2.18. The minimum absolute atomic E-state index is 0.0428. The zero-order valence-corrected chi connectivity index (χ0v) is 5.46. The summed E-state index contributed by atoms with van der Waals surface area (Å²) in [7, 11) is 1.69. The number of methoxy groups -OCH3 is 1. The van der Waals surface area contributed by atoms with Crippen molar-refractivity contribution in [2.75, 3.05) is 13.7 Å². The molecule has 2 fully saturated rings. The average molecular weight is 129 g/mol. The van der Waals surface area contributed by atoms with Crippen molar-refractivity contribution in [2.45, 2.75) is 24.8 Å². The average Bonchev–Trinajstić information content (AvgIpc) is 2.64. The van der Waals surface area contributed by atoms with Crippen LogP contribution in [0.25, 0.3) is 0 Å². The summed E-state index contributed by atoms with van der Waals surface area (Å²) >= 11 is 0. The smallest absolute Gasteiger partial charge is 0.158 e. The van der Waals surface area contributed by atoms with E-state index in [9.17, 15) is 0 Å². The molecule has 2 saturated heterocycles. The highest BCUT2D eigenvalue weighted by Gasteiger charge is 2.42. The number of hydrogen-bond donors (Lipinski definition) is 1. The number of fused-ring (bicyclic) bond motifs is 1. The maximum absolute atomic E-state index is 5.30. The van der Waals surface area contributed by atoms with Crippen LogP contribution >= 0.6 is 0 Å². The van der Waals surface area contributed by atoms with E-state index in [1.54, 1.807) is 7.11 Å². The molecule has 3 heteroatoms. The van der Waals surface area contributed by atoms with E-state index >= 15 is 0 Å². The van der Waals surface area contributed by atoms with Crippen molar-refractivity contribution in [1.82, 2.24) is 5.32 Å². The van der Waals surface area contributed by atoms with Gasteiger partial charge in [0, 0.05) is 25.6 Å². The number of nitrogens with one attached hydrogen (secondary N) is 1. The normalized spacial score (nSPS) is 48.3. The molecule has 52 valence electrons. The van der Waals surface area contributed by atoms with Crippen molar-refractivity contribution < 1.29 is 9.47 Å². The van der Waals surface area contributed by atoms with Gasteiger partial charge in [0.15, 0.2) is 6.29 Å². The van der Waals surface area contributed by atoms with Crippen LogP contribution in [0.3, 0.4) is 0 Å². The lowest BCUT2D eigenvalue weighted by Crippen LogP contribution is -2.26. The molecule has 0 saturated carbocycles. The molecule has 0 radical (unpaired) electrons. The van der Waals surface area contributed by atoms with E-state index in [1.807, 2.05) is 0 Å². The van der Waals surface area contributed by atoms with Gasteiger partial charge in [-0.2, -0.15) is 0 Å². The third-order valence-electron chi connectivity index (χ3n) is 1.98. The fourth-order valence-corrected chi connectivity index (χ4v) is 1.27. The van der Waals surface area contributed by atoms with Gasteiger partial charge >= 0.3 is 0 Å². The second kappa shape index (κ2) is 1.94. The van der Waals surface area contributed by atoms with Gasteiger partial charge < -0.3 is 14.8 Å². The Morgan fingerprint density at radius 1 is 1.56 bits per heavy atom. The zero-order chi connectivity index (χ0) is 6.27. The Labute approximate surface area is 54.3 Å². The molecule has 0 amide bonds. The van der Waals surface area contributed by atoms with E-state index in [2.05, 4.69) is 5.32 Å². The first-order valence-corrected chi connectivity index (χ1v) is 3.30. The molecule has 0 unspecified atom stereocenters. The zero-order valence-electron chi connectivity index (χ0n) is 5.46. The van der Waals surface area contributed by atoms with Crippen LogP contribution in [-0.4, -0.2) is 32.1 Å². The first-order valence-electron chi connectivity index (χ1n) is 3.30. The van der Waals surface area contributed by atoms with Crippen molar-refractivity contribution in [1.29, 1.82) is 0 Å². The van der Waals surface area contributed by atoms with Crippen molar-refractivity contribution in [3.63, 3.8) is 0 Å². The van der Waals surface area contributed by atoms with E-state index in [0.29, 0.717) is 12.1 Å². The molecule has 9 heavy (non-hydrogen) atoms. The molecule has 3 nitrogen and oxygen atoms in total. The van der Waals surface area contributed by atoms with E-state index < -0.39 is 0 Å². The molecule has 0 aromatic carbocycles. The van der Waals surface area contributed by atoms with E-state index in [4.69, 9.17) is 9.47 Å². The molecule has 2 rings (SSSR count). The largest absolute Gasteiger partial charge is 0.356 e. The summed E-state index contributed by atoms with van der Waals surface area (Å²) in [6.07, 6.45) is 1.06. The van der Waals surface area contributed by atoms with Crippen LogP contribution in [0.5, 0.6) is 0 Å². The molecule has 0 aromatic rings. The second-order valence-corrected chi connectivity index (χ2v) is 2.61. The van der Waals surface area contributed by atoms with Crippen LogP contribution < -0.4 is 5.32 Å². The quantitative estimate of drug-likeness (QED) is 0.495. The molecular weight excluding hydrogens is 118 g/mol. The Bertz CT molecular complexity index is 118. The third kappa shape index (κ3) is 0.956. The van der Waals surface area contributed by atoms with Gasteiger partial charge in [0.1, 0.15) is 0 Å². The fourth-order valence-electron chi connectivity index (χ4n) is 1.27. The number of rotatable bonds is 1. The van der Waals surface area contributed by atoms with Crippen LogP contribution in [-0.2, 0) is 9.47 Å². The number of hydrogen-bond acceptors (Lipinski definition) is 3. The summed E-state index contributed by atoms with van der Waals surface area (Å²) in [4.78, 5) is 0. The molecule has 1 N–H and O–H groups in total. The van der Waals surface area contributed by atoms with Gasteiger partial charge in [-0.3, -0.25) is 0 Å². The summed E-state index contributed by atoms with van der Waals surface area (Å²) in [6.45, 7) is 0.823. The van der Waals surface area contributed by atoms with Crippen LogP contribution in [0.15, 0.2) is 0 Å². The highest BCUT2D eigenvalue weighted by atomic mass is 16.7. The van der Waals surface area contributed by atoms with Gasteiger partial charge in [0.2, 0.25) is 0 Å². The van der Waals surface area contributed by atoms with Crippen LogP contribution in [0.4, 0.5) is 0 Å². The van der Waals surface area contributed by atoms with Crippen LogP contribution in [0.1, 0.15) is 6.42 Å². The Morgan fingerprint density at radius 2 is 2.44 bits per heavy atom. The summed E-state index contributed by atoms with van der Waals surface area (Å²) in [6, 6.07) is 1.32. The Morgan fingerprint density at radius 3 is 3.11 bits per heavy atom. The SMILES string of the molecule is CO[C@H]1C[C@H]2N[C@H]2CO1. The lowest BCUT2D eigenvalue weighted by atomic mass is 10.2. The molecule has 0 bridgehead atoms. The maximum Gasteiger partial charge on any atom is 0.158 e. The molecule has 2 aliphatic rings. The number of ether oxygens (including phenoxy) is 2. The monoisotopic (exact) mass is 129 g/mol.